The van der Waals surface area contributed by atoms with Gasteiger partial charge in [0.1, 0.15) is 0 Å². The van der Waals surface area contributed by atoms with E-state index in [4.69, 9.17) is 0 Å². The lowest BCUT2D eigenvalue weighted by molar-refractivity contribution is -0.120. The normalized spacial score (nSPS) is 13.9. The first-order valence-corrected chi connectivity index (χ1v) is 7.96. The number of amides is 1. The van der Waals surface area contributed by atoms with Crippen LogP contribution >= 0.6 is 24.4 Å². The average Bonchev–Trinajstić information content (AvgIpc) is 2.39. The Balaban J connectivity index is 2.29. The third-order valence-electron chi connectivity index (χ3n) is 2.83. The monoisotopic (exact) mass is 283 g/mol. The molecule has 1 amide bonds. The van der Waals surface area contributed by atoms with Crippen molar-refractivity contribution in [3.63, 3.8) is 0 Å². The lowest BCUT2D eigenvalue weighted by Gasteiger charge is -2.13. The Morgan fingerprint density at radius 3 is 2.67 bits per heavy atom. The van der Waals surface area contributed by atoms with Crippen molar-refractivity contribution >= 4 is 30.3 Å². The molecule has 1 aromatic rings. The minimum absolute atomic E-state index is 0.0236. The number of rotatable bonds is 7. The molecule has 0 aromatic heterocycles. The predicted molar refractivity (Wildman–Crippen MR) is 83.5 cm³/mol. The molecule has 2 nitrogen and oxygen atoms in total. The summed E-state index contributed by atoms with van der Waals surface area (Å²) in [5, 5.41) is 3.25. The van der Waals surface area contributed by atoms with E-state index in [0.29, 0.717) is 11.7 Å². The fraction of sp³-hybridized carbons (Fsp3) is 0.500. The number of hydrogen-bond donors (Lipinski definition) is 2. The first kappa shape index (κ1) is 15.4. The highest BCUT2D eigenvalue weighted by Gasteiger charge is 2.14. The summed E-state index contributed by atoms with van der Waals surface area (Å²) in [4.78, 5) is 11.8. The van der Waals surface area contributed by atoms with Gasteiger partial charge < -0.3 is 5.32 Å². The molecule has 0 saturated carbocycles. The molecule has 1 N–H and O–H groups in total. The summed E-state index contributed by atoms with van der Waals surface area (Å²) in [6, 6.07) is 9.97. The van der Waals surface area contributed by atoms with Gasteiger partial charge in [-0.2, -0.15) is 24.4 Å². The predicted octanol–water partition coefficient (Wildman–Crippen LogP) is 2.79. The molecule has 100 valence electrons. The van der Waals surface area contributed by atoms with Crippen LogP contribution in [0.25, 0.3) is 0 Å². The molecule has 0 radical (unpaired) electrons. The number of thioether (sulfide) groups is 1. The Morgan fingerprint density at radius 2 is 2.06 bits per heavy atom. The van der Waals surface area contributed by atoms with E-state index < -0.39 is 0 Å². The van der Waals surface area contributed by atoms with Crippen LogP contribution in [0.5, 0.6) is 0 Å². The Hall–Kier alpha value is -0.610. The molecule has 0 heterocycles. The third kappa shape index (κ3) is 5.83. The number of nitrogens with one attached hydrogen (secondary N) is 1. The molecule has 0 aliphatic heterocycles. The molecule has 1 aromatic carbocycles. The molecule has 2 unspecified atom stereocenters. The summed E-state index contributed by atoms with van der Waals surface area (Å²) >= 11 is 6.18. The topological polar surface area (TPSA) is 29.1 Å². The minimum atomic E-state index is -0.267. The minimum Gasteiger partial charge on any atom is -0.355 e. The van der Waals surface area contributed by atoms with Crippen LogP contribution in [0.15, 0.2) is 30.3 Å². The van der Waals surface area contributed by atoms with E-state index in [1.54, 1.807) is 0 Å². The van der Waals surface area contributed by atoms with Crippen molar-refractivity contribution in [1.29, 1.82) is 0 Å². The Kier molecular flexibility index (Phi) is 7.28. The zero-order valence-corrected chi connectivity index (χ0v) is 12.6. The molecule has 0 aliphatic carbocycles. The van der Waals surface area contributed by atoms with Gasteiger partial charge >= 0.3 is 0 Å². The van der Waals surface area contributed by atoms with Gasteiger partial charge in [0.15, 0.2) is 0 Å². The first-order valence-electron chi connectivity index (χ1n) is 6.16. The Labute approximate surface area is 119 Å². The van der Waals surface area contributed by atoms with Gasteiger partial charge in [-0.15, -0.1) is 0 Å². The zero-order valence-electron chi connectivity index (χ0n) is 10.9. The number of carbonyl (C=O) groups is 1. The van der Waals surface area contributed by atoms with Crippen molar-refractivity contribution in [3.8, 4) is 0 Å². The first-order chi connectivity index (χ1) is 8.63. The quantitative estimate of drug-likeness (QED) is 0.754. The summed E-state index contributed by atoms with van der Waals surface area (Å²) in [6.45, 7) is 2.89. The highest BCUT2D eigenvalue weighted by atomic mass is 32.2. The molecular weight excluding hydrogens is 262 g/mol. The molecule has 2 atom stereocenters. The molecule has 0 bridgehead atoms. The van der Waals surface area contributed by atoms with Crippen LogP contribution in [0.2, 0.25) is 0 Å². The van der Waals surface area contributed by atoms with Gasteiger partial charge in [-0.3, -0.25) is 4.79 Å². The maximum Gasteiger partial charge on any atom is 0.233 e. The van der Waals surface area contributed by atoms with Gasteiger partial charge in [-0.25, -0.2) is 0 Å². The number of thiol groups is 1. The molecule has 0 fully saturated rings. The maximum atomic E-state index is 11.8. The molecule has 0 aliphatic rings. The summed E-state index contributed by atoms with van der Waals surface area (Å²) in [6.07, 6.45) is 3.76. The van der Waals surface area contributed by atoms with E-state index in [0.717, 1.165) is 18.5 Å². The highest BCUT2D eigenvalue weighted by molar-refractivity contribution is 7.99. The second-order valence-electron chi connectivity index (χ2n) is 4.33. The standard InChI is InChI=1S/C14H21NOS2/c1-11(18-2)8-9-15-14(16)13(17)10-12-6-4-3-5-7-12/h3-7,11,13,17H,8-10H2,1-2H3,(H,15,16). The summed E-state index contributed by atoms with van der Waals surface area (Å²) in [5.74, 6) is 0.0236. The number of hydrogen-bond acceptors (Lipinski definition) is 3. The van der Waals surface area contributed by atoms with Crippen molar-refractivity contribution in [2.24, 2.45) is 0 Å². The van der Waals surface area contributed by atoms with Gasteiger partial charge in [0.25, 0.3) is 0 Å². The lowest BCUT2D eigenvalue weighted by Crippen LogP contribution is -2.34. The van der Waals surface area contributed by atoms with E-state index in [9.17, 15) is 4.79 Å². The molecule has 0 spiro atoms. The van der Waals surface area contributed by atoms with Crippen molar-refractivity contribution in [3.05, 3.63) is 35.9 Å². The van der Waals surface area contributed by atoms with Crippen LogP contribution in [0, 0.1) is 0 Å². The van der Waals surface area contributed by atoms with Gasteiger partial charge in [0.2, 0.25) is 5.91 Å². The van der Waals surface area contributed by atoms with Crippen LogP contribution in [-0.2, 0) is 11.2 Å². The molecule has 4 heteroatoms. The van der Waals surface area contributed by atoms with Crippen LogP contribution in [0.1, 0.15) is 18.9 Å². The largest absolute Gasteiger partial charge is 0.355 e. The van der Waals surface area contributed by atoms with Crippen LogP contribution in [-0.4, -0.2) is 29.2 Å². The van der Waals surface area contributed by atoms with Crippen molar-refractivity contribution in [2.75, 3.05) is 12.8 Å². The molecule has 18 heavy (non-hydrogen) atoms. The Bertz CT molecular complexity index is 356. The molecule has 1 rings (SSSR count). The van der Waals surface area contributed by atoms with Crippen LogP contribution in [0.4, 0.5) is 0 Å². The third-order valence-corrected chi connectivity index (χ3v) is 4.28. The van der Waals surface area contributed by atoms with Crippen LogP contribution in [0.3, 0.4) is 0 Å². The molecule has 0 saturated heterocycles. The van der Waals surface area contributed by atoms with Crippen LogP contribution < -0.4 is 5.32 Å². The summed E-state index contributed by atoms with van der Waals surface area (Å²) < 4.78 is 0. The molecular formula is C14H21NOS2. The zero-order chi connectivity index (χ0) is 13.4. The fourth-order valence-electron chi connectivity index (χ4n) is 1.56. The van der Waals surface area contributed by atoms with Gasteiger partial charge in [0.05, 0.1) is 5.25 Å². The fourth-order valence-corrected chi connectivity index (χ4v) is 2.22. The Morgan fingerprint density at radius 1 is 1.39 bits per heavy atom. The second kappa shape index (κ2) is 8.48. The highest BCUT2D eigenvalue weighted by Crippen LogP contribution is 2.10. The number of carbonyl (C=O) groups excluding carboxylic acids is 1. The summed E-state index contributed by atoms with van der Waals surface area (Å²) in [7, 11) is 0. The van der Waals surface area contributed by atoms with Crippen molar-refractivity contribution in [1.82, 2.24) is 5.32 Å². The van der Waals surface area contributed by atoms with E-state index >= 15 is 0 Å². The SMILES string of the molecule is CSC(C)CCNC(=O)C(S)Cc1ccccc1. The van der Waals surface area contributed by atoms with E-state index in [1.807, 2.05) is 42.1 Å². The van der Waals surface area contributed by atoms with Crippen molar-refractivity contribution < 1.29 is 4.79 Å². The number of benzene rings is 1. The average molecular weight is 283 g/mol. The smallest absolute Gasteiger partial charge is 0.233 e. The van der Waals surface area contributed by atoms with E-state index in [2.05, 4.69) is 31.1 Å². The second-order valence-corrected chi connectivity index (χ2v) is 6.23. The van der Waals surface area contributed by atoms with Gasteiger partial charge in [-0.05, 0) is 24.7 Å². The van der Waals surface area contributed by atoms with E-state index in [-0.39, 0.29) is 11.2 Å². The van der Waals surface area contributed by atoms with Crippen molar-refractivity contribution in [2.45, 2.75) is 30.3 Å². The summed E-state index contributed by atoms with van der Waals surface area (Å²) in [5.41, 5.74) is 1.14. The van der Waals surface area contributed by atoms with E-state index in [1.165, 1.54) is 0 Å². The maximum absolute atomic E-state index is 11.8. The van der Waals surface area contributed by atoms with Gasteiger partial charge in [-0.1, -0.05) is 37.3 Å². The lowest BCUT2D eigenvalue weighted by atomic mass is 10.1. The van der Waals surface area contributed by atoms with Gasteiger partial charge in [0, 0.05) is 11.8 Å².